The molecule has 5 nitrogen and oxygen atoms in total. The van der Waals surface area contributed by atoms with Crippen LogP contribution in [-0.2, 0) is 17.6 Å². The van der Waals surface area contributed by atoms with E-state index in [0.29, 0.717) is 17.6 Å². The van der Waals surface area contributed by atoms with Gasteiger partial charge >= 0.3 is 0 Å². The van der Waals surface area contributed by atoms with Crippen LogP contribution in [0.25, 0.3) is 0 Å². The molecule has 51 heavy (non-hydrogen) atoms. The van der Waals surface area contributed by atoms with Gasteiger partial charge in [0.1, 0.15) is 28.7 Å². The van der Waals surface area contributed by atoms with E-state index < -0.39 is 0 Å². The molecule has 2 aromatic carbocycles. The molecule has 284 valence electrons. The number of phenols is 3. The molecule has 0 fully saturated rings. The molecule has 8 heteroatoms. The minimum absolute atomic E-state index is 0.0358. The van der Waals surface area contributed by atoms with Crippen molar-refractivity contribution in [3.8, 4) is 23.0 Å². The van der Waals surface area contributed by atoms with Crippen molar-refractivity contribution < 1.29 is 24.8 Å². The van der Waals surface area contributed by atoms with Crippen molar-refractivity contribution in [1.82, 2.24) is 0 Å². The van der Waals surface area contributed by atoms with Crippen molar-refractivity contribution in [2.24, 2.45) is 11.8 Å². The average molecular weight is 1040 g/mol. The van der Waals surface area contributed by atoms with Crippen LogP contribution in [0.1, 0.15) is 121 Å². The van der Waals surface area contributed by atoms with Crippen molar-refractivity contribution in [2.75, 3.05) is 7.11 Å². The molecule has 1 unspecified atom stereocenters. The number of alkyl halides is 3. The molecule has 2 aliphatic carbocycles. The molecule has 0 saturated heterocycles. The van der Waals surface area contributed by atoms with Crippen molar-refractivity contribution in [2.45, 2.75) is 123 Å². The third kappa shape index (κ3) is 16.3. The molecule has 3 aliphatic rings. The number of phenolic OH excluding ortho intramolecular Hbond substituents is 3. The van der Waals surface area contributed by atoms with Gasteiger partial charge in [-0.1, -0.05) is 150 Å². The number of hydrogen-bond acceptors (Lipinski definition) is 5. The first-order valence-corrected chi connectivity index (χ1v) is 22.1. The summed E-state index contributed by atoms with van der Waals surface area (Å²) in [6, 6.07) is 8.79. The Morgan fingerprint density at radius 2 is 1.51 bits per heavy atom. The lowest BCUT2D eigenvalue weighted by atomic mass is 9.74. The van der Waals surface area contributed by atoms with E-state index >= 15 is 0 Å². The van der Waals surface area contributed by atoms with Crippen LogP contribution in [0, 0.1) is 11.8 Å². The fraction of sp³-hybridized carbons (Fsp3) is 0.535. The van der Waals surface area contributed by atoms with Gasteiger partial charge in [0.25, 0.3) is 0 Å². The number of methoxy groups -OCH3 is 1. The topological polar surface area (TPSA) is 79.2 Å². The average Bonchev–Trinajstić information content (AvgIpc) is 3.05. The van der Waals surface area contributed by atoms with Gasteiger partial charge in [0.05, 0.1) is 5.60 Å². The smallest absolute Gasteiger partial charge is 0.134 e. The number of ether oxygens (including phenoxy) is 2. The second kappa shape index (κ2) is 23.5. The Hall–Kier alpha value is -1.25. The van der Waals surface area contributed by atoms with E-state index in [1.54, 1.807) is 19.2 Å². The first-order valence-electron chi connectivity index (χ1n) is 18.4. The molecule has 0 aromatic heterocycles. The lowest BCUT2D eigenvalue weighted by Gasteiger charge is -2.37. The second-order valence-corrected chi connectivity index (χ2v) is 25.1. The highest BCUT2D eigenvalue weighted by Crippen LogP contribution is 2.51. The highest BCUT2D eigenvalue weighted by atomic mass is 127. The number of unbranched alkanes of at least 4 members (excludes halogenated alkanes) is 4. The molecule has 4 atom stereocenters. The Kier molecular flexibility index (Phi) is 21.2. The van der Waals surface area contributed by atoms with E-state index in [1.807, 2.05) is 6.07 Å². The fourth-order valence-electron chi connectivity index (χ4n) is 6.64. The molecule has 1 heterocycles. The van der Waals surface area contributed by atoms with E-state index in [2.05, 4.69) is 140 Å². The summed E-state index contributed by atoms with van der Waals surface area (Å²) in [5, 5.41) is 28.9. The maximum Gasteiger partial charge on any atom is 0.134 e. The molecule has 0 amide bonds. The van der Waals surface area contributed by atoms with Crippen LogP contribution < -0.4 is 4.74 Å². The molecule has 1 aliphatic heterocycles. The summed E-state index contributed by atoms with van der Waals surface area (Å²) in [6.07, 6.45) is 20.1. The molecule has 5 rings (SSSR count). The quantitative estimate of drug-likeness (QED) is 0.0956. The highest BCUT2D eigenvalue weighted by molar-refractivity contribution is 14.3. The SMILES string of the molecule is C=C(C)[C@H]1C=CC(C)(OC)CC1.C=C1Oc2cc(CCCCC)cc(O)c2[C@@H]2C=C(C)CC[C@@H]12.CCCCCc1cc(O)cc(O)c1.IC(I)I. The van der Waals surface area contributed by atoms with Gasteiger partial charge in [0.15, 0.2) is 0 Å². The predicted molar refractivity (Wildman–Crippen MR) is 241 cm³/mol. The second-order valence-electron chi connectivity index (χ2n) is 14.2. The number of aromatic hydroxyl groups is 3. The van der Waals surface area contributed by atoms with Gasteiger partial charge in [-0.25, -0.2) is 0 Å². The minimum atomic E-state index is -0.0358. The van der Waals surface area contributed by atoms with Crippen molar-refractivity contribution in [1.29, 1.82) is 0 Å². The summed E-state index contributed by atoms with van der Waals surface area (Å²) in [4.78, 5) is 0. The zero-order valence-electron chi connectivity index (χ0n) is 31.6. The van der Waals surface area contributed by atoms with Gasteiger partial charge in [-0.3, -0.25) is 0 Å². The molecule has 0 bridgehead atoms. The summed E-state index contributed by atoms with van der Waals surface area (Å²) in [5.74, 6) is 3.42. The maximum absolute atomic E-state index is 10.6. The maximum atomic E-state index is 10.6. The molecule has 0 spiro atoms. The van der Waals surface area contributed by atoms with E-state index in [1.165, 1.54) is 42.9 Å². The van der Waals surface area contributed by atoms with Crippen molar-refractivity contribution >= 4 is 67.8 Å². The lowest BCUT2D eigenvalue weighted by molar-refractivity contribution is 0.0331. The number of allylic oxidation sites excluding steroid dienone is 5. The molecule has 2 aromatic rings. The Morgan fingerprint density at radius 3 is 2.00 bits per heavy atom. The van der Waals surface area contributed by atoms with Crippen LogP contribution in [0.4, 0.5) is 0 Å². The third-order valence-corrected chi connectivity index (χ3v) is 9.75. The van der Waals surface area contributed by atoms with E-state index in [-0.39, 0.29) is 23.0 Å². The Labute approximate surface area is 349 Å². The summed E-state index contributed by atoms with van der Waals surface area (Å²) < 4.78 is 12.1. The van der Waals surface area contributed by atoms with Crippen LogP contribution in [0.2, 0.25) is 0 Å². The number of fused-ring (bicyclic) bond motifs is 3. The number of benzene rings is 2. The number of hydrogen-bond donors (Lipinski definition) is 3. The van der Waals surface area contributed by atoms with Crippen LogP contribution in [-0.4, -0.2) is 28.0 Å². The Bertz CT molecular complexity index is 1440. The number of aryl methyl sites for hydroxylation is 2. The van der Waals surface area contributed by atoms with Crippen molar-refractivity contribution in [3.05, 3.63) is 95.3 Å². The normalized spacial score (nSPS) is 21.6. The third-order valence-electron chi connectivity index (χ3n) is 9.75. The molecular formula is C43H61I3O5. The Morgan fingerprint density at radius 1 is 0.941 bits per heavy atom. The van der Waals surface area contributed by atoms with Crippen LogP contribution in [0.3, 0.4) is 0 Å². The van der Waals surface area contributed by atoms with Crippen LogP contribution in [0.5, 0.6) is 23.0 Å². The summed E-state index contributed by atoms with van der Waals surface area (Å²) in [5.41, 5.74) is 5.73. The first kappa shape index (κ1) is 45.9. The van der Waals surface area contributed by atoms with Crippen LogP contribution >= 0.6 is 67.8 Å². The van der Waals surface area contributed by atoms with Gasteiger partial charge in [-0.2, -0.15) is 0 Å². The highest BCUT2D eigenvalue weighted by Gasteiger charge is 2.36. The molecule has 0 saturated carbocycles. The standard InChI is InChI=1S/C20H26O2.C11H16O2.C11H18O.CHI3/c1-4-5-6-7-15-11-18(21)20-17-10-13(2)8-9-16(17)14(3)22-19(20)12-15;1-2-3-4-5-9-6-10(12)8-11(13)7-9;1-9(2)10-5-7-11(3,12-4)8-6-10;2-1(3)4/h10-12,16-17,21H,3-9H2,1-2H3;6-8,12-13H,2-5H2,1H3;5,7,10H,1,6,8H2,2-4H3;1H/t16-,17+;;10-,11?;/m0.0./s1. The van der Waals surface area contributed by atoms with Gasteiger partial charge in [-0.15, -0.1) is 0 Å². The van der Waals surface area contributed by atoms with Gasteiger partial charge < -0.3 is 24.8 Å². The number of halogens is 3. The van der Waals surface area contributed by atoms with E-state index in [9.17, 15) is 15.3 Å². The van der Waals surface area contributed by atoms with Gasteiger partial charge in [0.2, 0.25) is 0 Å². The largest absolute Gasteiger partial charge is 0.508 e. The van der Waals surface area contributed by atoms with Crippen LogP contribution in [0.15, 0.2) is 78.6 Å². The fourth-order valence-corrected chi connectivity index (χ4v) is 6.64. The monoisotopic (exact) mass is 1040 g/mol. The van der Waals surface area contributed by atoms with Gasteiger partial charge in [0, 0.05) is 30.6 Å². The Balaban J connectivity index is 0.000000267. The van der Waals surface area contributed by atoms with E-state index in [4.69, 9.17) is 9.47 Å². The summed E-state index contributed by atoms with van der Waals surface area (Å²) in [6.45, 7) is 18.8. The number of rotatable bonds is 10. The molecular weight excluding hydrogens is 977 g/mol. The lowest BCUT2D eigenvalue weighted by Crippen LogP contribution is -2.28. The van der Waals surface area contributed by atoms with Crippen molar-refractivity contribution in [3.63, 3.8) is 0 Å². The molecule has 3 N–H and O–H groups in total. The molecule has 0 radical (unpaired) electrons. The summed E-state index contributed by atoms with van der Waals surface area (Å²) in [7, 11) is 1.77. The van der Waals surface area contributed by atoms with Gasteiger partial charge in [-0.05, 0) is 113 Å². The first-order chi connectivity index (χ1) is 24.1. The minimum Gasteiger partial charge on any atom is -0.508 e. The zero-order chi connectivity index (χ0) is 38.1. The van der Waals surface area contributed by atoms with E-state index in [0.717, 1.165) is 79.5 Å². The zero-order valence-corrected chi connectivity index (χ0v) is 38.1. The predicted octanol–water partition coefficient (Wildman–Crippen LogP) is 13.8. The summed E-state index contributed by atoms with van der Waals surface area (Å²) >= 11 is 6.95.